The number of anilines is 1. The van der Waals surface area contributed by atoms with Gasteiger partial charge < -0.3 is 10.2 Å². The first kappa shape index (κ1) is 14.3. The third-order valence-corrected chi connectivity index (χ3v) is 3.97. The number of hydrogen-bond donors (Lipinski definition) is 1. The summed E-state index contributed by atoms with van der Waals surface area (Å²) in [5, 5.41) is 2.98. The van der Waals surface area contributed by atoms with Crippen LogP contribution in [0.3, 0.4) is 0 Å². The van der Waals surface area contributed by atoms with Crippen molar-refractivity contribution in [3.8, 4) is 0 Å². The van der Waals surface area contributed by atoms with Crippen LogP contribution in [0.2, 0.25) is 0 Å². The van der Waals surface area contributed by atoms with Gasteiger partial charge in [-0.05, 0) is 47.0 Å². The summed E-state index contributed by atoms with van der Waals surface area (Å²) in [6, 6.07) is 4.77. The number of likely N-dealkylation sites (tertiary alicyclic amines) is 1. The van der Waals surface area contributed by atoms with Gasteiger partial charge in [-0.1, -0.05) is 12.8 Å². The normalized spacial score (nSPS) is 16.0. The Hall–Kier alpha value is -1.10. The minimum atomic E-state index is -0.327. The lowest BCUT2D eigenvalue weighted by Gasteiger charge is -2.20. The molecule has 1 aliphatic heterocycles. The van der Waals surface area contributed by atoms with Crippen LogP contribution in [0.25, 0.3) is 0 Å². The highest BCUT2D eigenvalue weighted by atomic mass is 79.9. The van der Waals surface area contributed by atoms with Gasteiger partial charge >= 0.3 is 0 Å². The third-order valence-electron chi connectivity index (χ3n) is 3.32. The molecule has 0 aliphatic carbocycles. The van der Waals surface area contributed by atoms with E-state index < -0.39 is 0 Å². The van der Waals surface area contributed by atoms with E-state index in [1.54, 1.807) is 12.1 Å². The summed E-state index contributed by atoms with van der Waals surface area (Å²) in [6.45, 7) is 1.91. The summed E-state index contributed by atoms with van der Waals surface area (Å²) in [7, 11) is 0. The average molecular weight is 329 g/mol. The number of halogens is 2. The molecule has 1 aromatic carbocycles. The second kappa shape index (κ2) is 6.89. The summed E-state index contributed by atoms with van der Waals surface area (Å²) in [5.74, 6) is -0.238. The first-order valence-corrected chi connectivity index (χ1v) is 7.43. The highest BCUT2D eigenvalue weighted by molar-refractivity contribution is 9.10. The summed E-state index contributed by atoms with van der Waals surface area (Å²) < 4.78 is 13.8. The lowest BCUT2D eigenvalue weighted by Crippen LogP contribution is -2.36. The Balaban J connectivity index is 1.86. The Kier molecular flexibility index (Phi) is 5.19. The van der Waals surface area contributed by atoms with E-state index >= 15 is 0 Å². The van der Waals surface area contributed by atoms with Gasteiger partial charge in [0.2, 0.25) is 5.91 Å². The Morgan fingerprint density at radius 1 is 1.26 bits per heavy atom. The molecule has 1 heterocycles. The predicted octanol–water partition coefficient (Wildman–Crippen LogP) is 3.40. The number of hydrogen-bond acceptors (Lipinski definition) is 2. The minimum Gasteiger partial charge on any atom is -0.376 e. The van der Waals surface area contributed by atoms with Crippen molar-refractivity contribution in [2.45, 2.75) is 25.7 Å². The Morgan fingerprint density at radius 2 is 1.95 bits per heavy atom. The van der Waals surface area contributed by atoms with Crippen molar-refractivity contribution >= 4 is 27.5 Å². The third kappa shape index (κ3) is 4.20. The van der Waals surface area contributed by atoms with Crippen molar-refractivity contribution in [2.24, 2.45) is 0 Å². The van der Waals surface area contributed by atoms with Gasteiger partial charge in [0.05, 0.1) is 11.0 Å². The largest absolute Gasteiger partial charge is 0.376 e. The molecular weight excluding hydrogens is 311 g/mol. The molecule has 2 rings (SSSR count). The highest BCUT2D eigenvalue weighted by Crippen LogP contribution is 2.19. The van der Waals surface area contributed by atoms with Crippen LogP contribution in [-0.2, 0) is 4.79 Å². The van der Waals surface area contributed by atoms with Crippen LogP contribution >= 0.6 is 15.9 Å². The lowest BCUT2D eigenvalue weighted by atomic mass is 10.2. The van der Waals surface area contributed by atoms with Gasteiger partial charge in [0.1, 0.15) is 5.82 Å². The van der Waals surface area contributed by atoms with Gasteiger partial charge in [0.15, 0.2) is 0 Å². The lowest BCUT2D eigenvalue weighted by molar-refractivity contribution is -0.129. The zero-order valence-electron chi connectivity index (χ0n) is 10.8. The monoisotopic (exact) mass is 328 g/mol. The molecule has 0 atom stereocenters. The van der Waals surface area contributed by atoms with Gasteiger partial charge in [0.25, 0.3) is 0 Å². The maximum atomic E-state index is 13.3. The van der Waals surface area contributed by atoms with E-state index in [2.05, 4.69) is 21.2 Å². The zero-order chi connectivity index (χ0) is 13.7. The molecule has 1 amide bonds. The molecule has 1 N–H and O–H groups in total. The smallest absolute Gasteiger partial charge is 0.241 e. The first-order valence-electron chi connectivity index (χ1n) is 6.63. The summed E-state index contributed by atoms with van der Waals surface area (Å²) >= 11 is 3.10. The van der Waals surface area contributed by atoms with E-state index in [0.29, 0.717) is 10.2 Å². The quantitative estimate of drug-likeness (QED) is 0.922. The molecule has 0 saturated carbocycles. The number of nitrogens with one attached hydrogen (secondary N) is 1. The van der Waals surface area contributed by atoms with Gasteiger partial charge in [-0.25, -0.2) is 4.39 Å². The van der Waals surface area contributed by atoms with Crippen molar-refractivity contribution < 1.29 is 9.18 Å². The van der Waals surface area contributed by atoms with Gasteiger partial charge in [-0.2, -0.15) is 0 Å². The van der Waals surface area contributed by atoms with Crippen LogP contribution in [0.1, 0.15) is 25.7 Å². The number of benzene rings is 1. The molecule has 0 radical (unpaired) electrons. The summed E-state index contributed by atoms with van der Waals surface area (Å²) in [6.07, 6.45) is 4.57. The Morgan fingerprint density at radius 3 is 2.58 bits per heavy atom. The van der Waals surface area contributed by atoms with E-state index in [0.717, 1.165) is 25.9 Å². The van der Waals surface area contributed by atoms with Gasteiger partial charge in [-0.15, -0.1) is 0 Å². The van der Waals surface area contributed by atoms with Crippen LogP contribution in [0.15, 0.2) is 22.7 Å². The molecular formula is C14H18BrFN2O. The molecule has 1 saturated heterocycles. The van der Waals surface area contributed by atoms with E-state index in [4.69, 9.17) is 0 Å². The first-order chi connectivity index (χ1) is 9.16. The molecule has 19 heavy (non-hydrogen) atoms. The second-order valence-electron chi connectivity index (χ2n) is 4.78. The fourth-order valence-electron chi connectivity index (χ4n) is 2.22. The van der Waals surface area contributed by atoms with E-state index in [1.165, 1.54) is 18.9 Å². The molecule has 1 fully saturated rings. The minimum absolute atomic E-state index is 0.0882. The fourth-order valence-corrected chi connectivity index (χ4v) is 2.46. The number of rotatable bonds is 3. The molecule has 0 aromatic heterocycles. The van der Waals surface area contributed by atoms with E-state index in [1.807, 2.05) is 4.90 Å². The molecule has 1 aromatic rings. The standard InChI is InChI=1S/C14H18BrFN2O/c15-12-6-5-11(9-13(12)16)17-10-14(19)18-7-3-1-2-4-8-18/h5-6,9,17H,1-4,7-8,10H2. The highest BCUT2D eigenvalue weighted by Gasteiger charge is 2.15. The summed E-state index contributed by atoms with van der Waals surface area (Å²) in [4.78, 5) is 13.9. The van der Waals surface area contributed by atoms with Gasteiger partial charge in [0, 0.05) is 18.8 Å². The zero-order valence-corrected chi connectivity index (χ0v) is 12.4. The topological polar surface area (TPSA) is 32.3 Å². The molecule has 0 spiro atoms. The number of amides is 1. The SMILES string of the molecule is O=C(CNc1ccc(Br)c(F)c1)N1CCCCCC1. The molecule has 3 nitrogen and oxygen atoms in total. The molecule has 5 heteroatoms. The molecule has 0 unspecified atom stereocenters. The van der Waals surface area contributed by atoms with Crippen molar-refractivity contribution in [1.29, 1.82) is 0 Å². The van der Waals surface area contributed by atoms with Crippen molar-refractivity contribution in [2.75, 3.05) is 25.0 Å². The number of carbonyl (C=O) groups is 1. The van der Waals surface area contributed by atoms with Gasteiger partial charge in [-0.3, -0.25) is 4.79 Å². The summed E-state index contributed by atoms with van der Waals surface area (Å²) in [5.41, 5.74) is 0.629. The maximum Gasteiger partial charge on any atom is 0.241 e. The predicted molar refractivity (Wildman–Crippen MR) is 77.6 cm³/mol. The number of carbonyl (C=O) groups excluding carboxylic acids is 1. The Labute approximate surface area is 121 Å². The van der Waals surface area contributed by atoms with Crippen LogP contribution < -0.4 is 5.32 Å². The molecule has 104 valence electrons. The van der Waals surface area contributed by atoms with Crippen LogP contribution in [0.5, 0.6) is 0 Å². The second-order valence-corrected chi connectivity index (χ2v) is 5.63. The molecule has 1 aliphatic rings. The van der Waals surface area contributed by atoms with Crippen LogP contribution in [-0.4, -0.2) is 30.4 Å². The fraction of sp³-hybridized carbons (Fsp3) is 0.500. The number of nitrogens with zero attached hydrogens (tertiary/aromatic N) is 1. The van der Waals surface area contributed by atoms with Crippen LogP contribution in [0.4, 0.5) is 10.1 Å². The van der Waals surface area contributed by atoms with Crippen molar-refractivity contribution in [1.82, 2.24) is 4.90 Å². The maximum absolute atomic E-state index is 13.3. The van der Waals surface area contributed by atoms with Crippen LogP contribution in [0, 0.1) is 5.82 Å². The van der Waals surface area contributed by atoms with Crippen molar-refractivity contribution in [3.63, 3.8) is 0 Å². The van der Waals surface area contributed by atoms with E-state index in [-0.39, 0.29) is 18.3 Å². The Bertz CT molecular complexity index is 445. The molecule has 0 bridgehead atoms. The van der Waals surface area contributed by atoms with E-state index in [9.17, 15) is 9.18 Å². The average Bonchev–Trinajstić information content (AvgIpc) is 2.69. The van der Waals surface area contributed by atoms with Crippen molar-refractivity contribution in [3.05, 3.63) is 28.5 Å².